The molecule has 0 radical (unpaired) electrons. The highest BCUT2D eigenvalue weighted by Gasteiger charge is 2.23. The van der Waals surface area contributed by atoms with Crippen LogP contribution in [0.4, 0.5) is 17.1 Å². The first-order chi connectivity index (χ1) is 30.2. The van der Waals surface area contributed by atoms with Crippen LogP contribution in [0.2, 0.25) is 0 Å². The summed E-state index contributed by atoms with van der Waals surface area (Å²) in [5.41, 5.74) is 13.7. The van der Waals surface area contributed by atoms with Gasteiger partial charge in [0.2, 0.25) is 0 Å². The molecule has 1 atom stereocenters. The molecule has 61 heavy (non-hydrogen) atoms. The van der Waals surface area contributed by atoms with Gasteiger partial charge >= 0.3 is 0 Å². The summed E-state index contributed by atoms with van der Waals surface area (Å²) < 4.78 is 6.66. The molecular weight excluding hydrogens is 743 g/mol. The van der Waals surface area contributed by atoms with Crippen molar-refractivity contribution in [3.8, 4) is 22.3 Å². The van der Waals surface area contributed by atoms with Gasteiger partial charge in [-0.1, -0.05) is 170 Å². The van der Waals surface area contributed by atoms with E-state index in [0.29, 0.717) is 6.42 Å². The molecule has 0 N–H and O–H groups in total. The second-order valence-corrected chi connectivity index (χ2v) is 15.6. The summed E-state index contributed by atoms with van der Waals surface area (Å²) in [6.45, 7) is 0. The number of anilines is 3. The van der Waals surface area contributed by atoms with Gasteiger partial charge in [0.1, 0.15) is 17.0 Å². The van der Waals surface area contributed by atoms with Crippen LogP contribution < -0.4 is 15.3 Å². The van der Waals surface area contributed by atoms with Crippen LogP contribution in [0.25, 0.3) is 62.0 Å². The van der Waals surface area contributed by atoms with E-state index in [1.807, 2.05) is 6.07 Å². The summed E-state index contributed by atoms with van der Waals surface area (Å²) in [5.74, 6) is 0.890. The van der Waals surface area contributed by atoms with Crippen LogP contribution in [0.5, 0.6) is 0 Å². The molecule has 4 nitrogen and oxygen atoms in total. The largest absolute Gasteiger partial charge is 0.456 e. The van der Waals surface area contributed by atoms with E-state index in [9.17, 15) is 0 Å². The average Bonchev–Trinajstić information content (AvgIpc) is 3.56. The molecule has 1 unspecified atom stereocenters. The third-order valence-electron chi connectivity index (χ3n) is 11.9. The maximum atomic E-state index is 6.66. The van der Waals surface area contributed by atoms with Crippen LogP contribution in [0, 0.1) is 5.92 Å². The number of fused-ring (bicyclic) bond motifs is 4. The number of rotatable bonds is 8. The van der Waals surface area contributed by atoms with Gasteiger partial charge in [0.25, 0.3) is 0 Å². The molecular formula is C57H41N3O. The second-order valence-electron chi connectivity index (χ2n) is 15.6. The number of benzene rings is 8. The topological polar surface area (TPSA) is 41.1 Å². The minimum atomic E-state index is 0.0581. The Morgan fingerprint density at radius 1 is 0.475 bits per heavy atom. The summed E-state index contributed by atoms with van der Waals surface area (Å²) >= 11 is 0. The molecule has 9 aromatic rings. The second kappa shape index (κ2) is 15.7. The van der Waals surface area contributed by atoms with E-state index in [2.05, 4.69) is 217 Å². The van der Waals surface area contributed by atoms with E-state index in [1.54, 1.807) is 0 Å². The smallest absolute Gasteiger partial charge is 0.136 e. The third kappa shape index (κ3) is 6.98. The van der Waals surface area contributed by atoms with E-state index in [4.69, 9.17) is 14.4 Å². The molecule has 0 amide bonds. The predicted octanol–water partition coefficient (Wildman–Crippen LogP) is 13.3. The number of amidine groups is 1. The number of para-hydroxylation sites is 2. The number of hydrogen-bond acceptors (Lipinski definition) is 4. The summed E-state index contributed by atoms with van der Waals surface area (Å²) in [6.07, 6.45) is 8.37. The maximum absolute atomic E-state index is 6.66. The molecule has 290 valence electrons. The van der Waals surface area contributed by atoms with Crippen molar-refractivity contribution in [1.29, 1.82) is 0 Å². The first-order valence-corrected chi connectivity index (χ1v) is 21.0. The zero-order valence-corrected chi connectivity index (χ0v) is 33.5. The Bertz CT molecular complexity index is 3290. The first-order valence-electron chi connectivity index (χ1n) is 21.0. The SMILES string of the molecule is C1=C(c2ccccc2)N=C(C2C=c3ccccc3=CC2)N=C(c2cccc3oc4cc(-c5ccc(N(c6ccccc6)c6ccccc6-c6ccccc6)cc5)ccc4c23)C1. The predicted molar refractivity (Wildman–Crippen MR) is 255 cm³/mol. The molecule has 2 heterocycles. The molecule has 1 aliphatic heterocycles. The quantitative estimate of drug-likeness (QED) is 0.154. The number of aliphatic imine (C=N–C) groups is 2. The van der Waals surface area contributed by atoms with E-state index in [0.717, 1.165) is 84.9 Å². The van der Waals surface area contributed by atoms with Crippen LogP contribution in [-0.4, -0.2) is 11.5 Å². The standard InChI is InChI=1S/C57H41N3O/c1-4-16-41(17-5-1)48-23-12-13-25-53(48)60(46-21-8-3-9-22-46)47-32-29-40(30-33-47)44-31-34-50-55(38-44)61-54-26-14-24-49(56(50)54)52-36-35-51(42-18-6-2-7-19-42)58-57(59-52)45-28-27-39-15-10-11-20-43(39)37-45/h1-27,29-35,37-38,45H,28,36H2. The van der Waals surface area contributed by atoms with Gasteiger partial charge in [-0.25, -0.2) is 9.98 Å². The molecule has 0 saturated heterocycles. The molecule has 1 aliphatic carbocycles. The molecule has 0 fully saturated rings. The fourth-order valence-electron chi connectivity index (χ4n) is 8.85. The number of allylic oxidation sites excluding steroid dienone is 1. The fourth-order valence-corrected chi connectivity index (χ4v) is 8.85. The van der Waals surface area contributed by atoms with Crippen LogP contribution in [-0.2, 0) is 0 Å². The molecule has 1 aromatic heterocycles. The van der Waals surface area contributed by atoms with Gasteiger partial charge in [0.15, 0.2) is 0 Å². The van der Waals surface area contributed by atoms with Crippen LogP contribution >= 0.6 is 0 Å². The van der Waals surface area contributed by atoms with Gasteiger partial charge in [-0.3, -0.25) is 0 Å². The lowest BCUT2D eigenvalue weighted by Crippen LogP contribution is -2.30. The van der Waals surface area contributed by atoms with E-state index in [-0.39, 0.29) is 5.92 Å². The molecule has 4 heteroatoms. The van der Waals surface area contributed by atoms with E-state index < -0.39 is 0 Å². The molecule has 0 spiro atoms. The summed E-state index contributed by atoms with van der Waals surface area (Å²) in [6, 6.07) is 70.6. The van der Waals surface area contributed by atoms with Crippen LogP contribution in [0.15, 0.2) is 221 Å². The fraction of sp³-hybridized carbons (Fsp3) is 0.0526. The van der Waals surface area contributed by atoms with Gasteiger partial charge in [-0.2, -0.15) is 0 Å². The zero-order valence-electron chi connectivity index (χ0n) is 33.5. The Hall–Kier alpha value is -7.82. The monoisotopic (exact) mass is 783 g/mol. The van der Waals surface area contributed by atoms with Crippen molar-refractivity contribution in [2.24, 2.45) is 15.9 Å². The van der Waals surface area contributed by atoms with E-state index in [1.165, 1.54) is 21.6 Å². The molecule has 11 rings (SSSR count). The number of hydrogen-bond donors (Lipinski definition) is 0. The lowest BCUT2D eigenvalue weighted by atomic mass is 9.95. The molecule has 0 bridgehead atoms. The third-order valence-corrected chi connectivity index (χ3v) is 11.9. The summed E-state index contributed by atoms with van der Waals surface area (Å²) in [5, 5.41) is 4.64. The highest BCUT2D eigenvalue weighted by Crippen LogP contribution is 2.42. The first kappa shape index (κ1) is 36.3. The Morgan fingerprint density at radius 3 is 1.93 bits per heavy atom. The van der Waals surface area contributed by atoms with Gasteiger partial charge in [-0.05, 0) is 87.6 Å². The highest BCUT2D eigenvalue weighted by molar-refractivity contribution is 6.22. The van der Waals surface area contributed by atoms with Crippen molar-refractivity contribution in [2.75, 3.05) is 4.90 Å². The Labute approximate surface area is 355 Å². The highest BCUT2D eigenvalue weighted by atomic mass is 16.3. The van der Waals surface area contributed by atoms with Gasteiger partial charge in [0.05, 0.1) is 17.1 Å². The Kier molecular flexibility index (Phi) is 9.36. The van der Waals surface area contributed by atoms with Crippen molar-refractivity contribution in [3.63, 3.8) is 0 Å². The minimum absolute atomic E-state index is 0.0581. The summed E-state index contributed by atoms with van der Waals surface area (Å²) in [4.78, 5) is 13.0. The number of nitrogens with zero attached hydrogens (tertiary/aromatic N) is 3. The molecule has 2 aliphatic rings. The lowest BCUT2D eigenvalue weighted by molar-refractivity contribution is 0.669. The summed E-state index contributed by atoms with van der Waals surface area (Å²) in [7, 11) is 0. The average molecular weight is 784 g/mol. The van der Waals surface area contributed by atoms with Crippen LogP contribution in [0.3, 0.4) is 0 Å². The lowest BCUT2D eigenvalue weighted by Gasteiger charge is -2.28. The molecule has 8 aromatic carbocycles. The van der Waals surface area contributed by atoms with E-state index >= 15 is 0 Å². The van der Waals surface area contributed by atoms with Gasteiger partial charge in [-0.15, -0.1) is 0 Å². The normalized spacial score (nSPS) is 14.8. The minimum Gasteiger partial charge on any atom is -0.456 e. The number of furan rings is 1. The van der Waals surface area contributed by atoms with Crippen molar-refractivity contribution >= 4 is 68.4 Å². The maximum Gasteiger partial charge on any atom is 0.136 e. The van der Waals surface area contributed by atoms with Crippen molar-refractivity contribution in [2.45, 2.75) is 12.8 Å². The van der Waals surface area contributed by atoms with Gasteiger partial charge < -0.3 is 9.32 Å². The Balaban J connectivity index is 0.961. The van der Waals surface area contributed by atoms with Crippen molar-refractivity contribution in [3.05, 3.63) is 228 Å². The van der Waals surface area contributed by atoms with Crippen molar-refractivity contribution < 1.29 is 4.42 Å². The van der Waals surface area contributed by atoms with Gasteiger partial charge in [0, 0.05) is 45.6 Å². The Morgan fingerprint density at radius 2 is 1.13 bits per heavy atom. The molecule has 0 saturated carbocycles. The zero-order chi connectivity index (χ0) is 40.5. The van der Waals surface area contributed by atoms with Crippen molar-refractivity contribution in [1.82, 2.24) is 0 Å². The van der Waals surface area contributed by atoms with Crippen LogP contribution in [0.1, 0.15) is 24.0 Å².